The molecule has 1 aliphatic heterocycles. The molecule has 2 aliphatic rings. The van der Waals surface area contributed by atoms with Gasteiger partial charge >= 0.3 is 0 Å². The molecule has 1 aliphatic carbocycles. The number of aromatic nitrogens is 1. The second kappa shape index (κ2) is 11.1. The van der Waals surface area contributed by atoms with Crippen molar-refractivity contribution >= 4 is 5.91 Å². The van der Waals surface area contributed by atoms with Crippen LogP contribution in [0, 0.1) is 25.7 Å². The Morgan fingerprint density at radius 1 is 1.12 bits per heavy atom. The smallest absolute Gasteiger partial charge is 0.226 e. The number of carbonyl (C=O) groups is 1. The molecule has 4 rings (SSSR count). The predicted molar refractivity (Wildman–Crippen MR) is 125 cm³/mol. The van der Waals surface area contributed by atoms with Crippen LogP contribution < -0.4 is 5.32 Å². The van der Waals surface area contributed by atoms with Crippen molar-refractivity contribution in [3.8, 4) is 11.5 Å². The molecular formula is C26H37N3O3. The number of ether oxygens (including phenoxy) is 1. The first-order valence-corrected chi connectivity index (χ1v) is 12.2. The number of amides is 1. The third kappa shape index (κ3) is 5.99. The minimum absolute atomic E-state index is 0.163. The van der Waals surface area contributed by atoms with E-state index < -0.39 is 0 Å². The third-order valence-corrected chi connectivity index (χ3v) is 7.02. The van der Waals surface area contributed by atoms with Crippen LogP contribution in [0.1, 0.15) is 49.1 Å². The van der Waals surface area contributed by atoms with Gasteiger partial charge in [0, 0.05) is 31.1 Å². The maximum Gasteiger partial charge on any atom is 0.226 e. The van der Waals surface area contributed by atoms with Crippen molar-refractivity contribution in [1.29, 1.82) is 0 Å². The molecule has 1 saturated heterocycles. The Labute approximate surface area is 191 Å². The molecule has 32 heavy (non-hydrogen) atoms. The molecule has 1 amide bonds. The maximum atomic E-state index is 12.6. The van der Waals surface area contributed by atoms with Crippen LogP contribution in [0.25, 0.3) is 11.5 Å². The first-order valence-electron chi connectivity index (χ1n) is 12.2. The van der Waals surface area contributed by atoms with Crippen molar-refractivity contribution in [3.05, 3.63) is 41.3 Å². The van der Waals surface area contributed by atoms with Gasteiger partial charge in [0.2, 0.25) is 11.8 Å². The van der Waals surface area contributed by atoms with Gasteiger partial charge in [0.1, 0.15) is 5.76 Å². The van der Waals surface area contributed by atoms with Crippen molar-refractivity contribution in [1.82, 2.24) is 15.2 Å². The standard InChI is InChI=1S/C26H37N3O3/c1-19-6-3-4-7-23(19)26-28-24(20(2)32-26)18-21-8-10-22(11-9-21)25(30)27-12-5-13-29-14-16-31-17-15-29/h3-4,6-7,21-22H,5,8-18H2,1-2H3,(H,27,30). The van der Waals surface area contributed by atoms with Crippen LogP contribution in [-0.4, -0.2) is 55.2 Å². The summed E-state index contributed by atoms with van der Waals surface area (Å²) in [7, 11) is 0. The molecule has 2 aromatic rings. The van der Waals surface area contributed by atoms with Gasteiger partial charge in [-0.3, -0.25) is 9.69 Å². The zero-order valence-electron chi connectivity index (χ0n) is 19.6. The van der Waals surface area contributed by atoms with E-state index in [0.29, 0.717) is 5.92 Å². The highest BCUT2D eigenvalue weighted by molar-refractivity contribution is 5.78. The molecule has 0 unspecified atom stereocenters. The lowest BCUT2D eigenvalue weighted by molar-refractivity contribution is -0.126. The second-order valence-corrected chi connectivity index (χ2v) is 9.36. The van der Waals surface area contributed by atoms with E-state index in [0.717, 1.165) is 101 Å². The highest BCUT2D eigenvalue weighted by Crippen LogP contribution is 2.33. The quantitative estimate of drug-likeness (QED) is 0.626. The molecule has 174 valence electrons. The van der Waals surface area contributed by atoms with Gasteiger partial charge in [-0.2, -0.15) is 0 Å². The molecule has 6 nitrogen and oxygen atoms in total. The molecule has 1 N–H and O–H groups in total. The number of aryl methyl sites for hydroxylation is 2. The Morgan fingerprint density at radius 2 is 1.88 bits per heavy atom. The number of oxazole rings is 1. The van der Waals surface area contributed by atoms with Crippen molar-refractivity contribution in [2.24, 2.45) is 11.8 Å². The van der Waals surface area contributed by atoms with Gasteiger partial charge in [0.25, 0.3) is 0 Å². The SMILES string of the molecule is Cc1ccccc1-c1nc(CC2CCC(C(=O)NCCCN3CCOCC3)CC2)c(C)o1. The van der Waals surface area contributed by atoms with Crippen LogP contribution in [0.3, 0.4) is 0 Å². The molecule has 0 atom stereocenters. The molecule has 1 aromatic carbocycles. The molecule has 0 bridgehead atoms. The summed E-state index contributed by atoms with van der Waals surface area (Å²) in [5.74, 6) is 2.62. The first-order chi connectivity index (χ1) is 15.6. The Morgan fingerprint density at radius 3 is 2.62 bits per heavy atom. The van der Waals surface area contributed by atoms with Crippen LogP contribution in [0.5, 0.6) is 0 Å². The summed E-state index contributed by atoms with van der Waals surface area (Å²) in [6.45, 7) is 9.59. The molecule has 2 fully saturated rings. The van der Waals surface area contributed by atoms with Gasteiger partial charge in [0.05, 0.1) is 18.9 Å². The van der Waals surface area contributed by atoms with E-state index in [4.69, 9.17) is 14.1 Å². The summed E-state index contributed by atoms with van der Waals surface area (Å²) >= 11 is 0. The Kier molecular flexibility index (Phi) is 7.98. The van der Waals surface area contributed by atoms with Crippen molar-refractivity contribution in [2.75, 3.05) is 39.4 Å². The average Bonchev–Trinajstić information content (AvgIpc) is 3.18. The van der Waals surface area contributed by atoms with E-state index in [1.54, 1.807) is 0 Å². The van der Waals surface area contributed by atoms with Crippen molar-refractivity contribution in [3.63, 3.8) is 0 Å². The monoisotopic (exact) mass is 439 g/mol. The number of nitrogens with one attached hydrogen (secondary N) is 1. The topological polar surface area (TPSA) is 67.6 Å². The van der Waals surface area contributed by atoms with E-state index in [-0.39, 0.29) is 11.8 Å². The zero-order chi connectivity index (χ0) is 22.3. The normalized spacial score (nSPS) is 22.1. The lowest BCUT2D eigenvalue weighted by atomic mass is 9.79. The van der Waals surface area contributed by atoms with Crippen molar-refractivity contribution < 1.29 is 13.9 Å². The van der Waals surface area contributed by atoms with Gasteiger partial charge in [-0.15, -0.1) is 0 Å². The number of morpholine rings is 1. The van der Waals surface area contributed by atoms with Gasteiger partial charge in [-0.1, -0.05) is 18.2 Å². The fraction of sp³-hybridized carbons (Fsp3) is 0.615. The van der Waals surface area contributed by atoms with Gasteiger partial charge in [-0.05, 0) is 76.5 Å². The molecule has 0 spiro atoms. The predicted octanol–water partition coefficient (Wildman–Crippen LogP) is 4.15. The van der Waals surface area contributed by atoms with Gasteiger partial charge < -0.3 is 14.5 Å². The summed E-state index contributed by atoms with van der Waals surface area (Å²) in [5.41, 5.74) is 3.31. The summed E-state index contributed by atoms with van der Waals surface area (Å²) in [6, 6.07) is 8.21. The number of benzene rings is 1. The summed E-state index contributed by atoms with van der Waals surface area (Å²) < 4.78 is 11.4. The molecule has 6 heteroatoms. The molecule has 1 aromatic heterocycles. The number of hydrogen-bond donors (Lipinski definition) is 1. The number of nitrogens with zero attached hydrogens (tertiary/aromatic N) is 2. The lowest BCUT2D eigenvalue weighted by Crippen LogP contribution is -2.39. The highest BCUT2D eigenvalue weighted by Gasteiger charge is 2.27. The van der Waals surface area contributed by atoms with Crippen molar-refractivity contribution in [2.45, 2.75) is 52.4 Å². The largest absolute Gasteiger partial charge is 0.441 e. The Bertz CT molecular complexity index is 880. The molecular weight excluding hydrogens is 402 g/mol. The fourth-order valence-electron chi connectivity index (χ4n) is 4.93. The minimum atomic E-state index is 0.163. The minimum Gasteiger partial charge on any atom is -0.441 e. The van der Waals surface area contributed by atoms with Crippen LogP contribution in [0.15, 0.2) is 28.7 Å². The van der Waals surface area contributed by atoms with E-state index >= 15 is 0 Å². The number of rotatable bonds is 8. The van der Waals surface area contributed by atoms with Gasteiger partial charge in [0.15, 0.2) is 0 Å². The van der Waals surface area contributed by atoms with Crippen LogP contribution in [0.2, 0.25) is 0 Å². The number of hydrogen-bond acceptors (Lipinski definition) is 5. The van der Waals surface area contributed by atoms with E-state index in [2.05, 4.69) is 29.3 Å². The van der Waals surface area contributed by atoms with Crippen LogP contribution in [0.4, 0.5) is 0 Å². The lowest BCUT2D eigenvalue weighted by Gasteiger charge is -2.28. The Hall–Kier alpha value is -2.18. The maximum absolute atomic E-state index is 12.6. The highest BCUT2D eigenvalue weighted by atomic mass is 16.5. The number of carbonyl (C=O) groups excluding carboxylic acids is 1. The molecule has 0 radical (unpaired) electrons. The summed E-state index contributed by atoms with van der Waals surface area (Å²) in [5, 5.41) is 3.17. The summed E-state index contributed by atoms with van der Waals surface area (Å²) in [4.78, 5) is 19.8. The van der Waals surface area contributed by atoms with Crippen LogP contribution in [-0.2, 0) is 16.0 Å². The zero-order valence-corrected chi connectivity index (χ0v) is 19.6. The van der Waals surface area contributed by atoms with E-state index in [1.807, 2.05) is 19.1 Å². The molecule has 2 heterocycles. The van der Waals surface area contributed by atoms with E-state index in [9.17, 15) is 4.79 Å². The average molecular weight is 440 g/mol. The first kappa shape index (κ1) is 23.0. The summed E-state index contributed by atoms with van der Waals surface area (Å²) in [6.07, 6.45) is 6.06. The Balaban J connectivity index is 1.19. The van der Waals surface area contributed by atoms with E-state index in [1.165, 1.54) is 5.56 Å². The second-order valence-electron chi connectivity index (χ2n) is 9.36. The third-order valence-electron chi connectivity index (χ3n) is 7.02. The van der Waals surface area contributed by atoms with Crippen LogP contribution >= 0.6 is 0 Å². The molecule has 1 saturated carbocycles. The fourth-order valence-corrected chi connectivity index (χ4v) is 4.93. The van der Waals surface area contributed by atoms with Gasteiger partial charge in [-0.25, -0.2) is 4.98 Å².